The van der Waals surface area contributed by atoms with E-state index in [1.807, 2.05) is 0 Å². The minimum absolute atomic E-state index is 0.243. The van der Waals surface area contributed by atoms with Gasteiger partial charge in [-0.25, -0.2) is 0 Å². The van der Waals surface area contributed by atoms with Gasteiger partial charge >= 0.3 is 6.01 Å². The lowest BCUT2D eigenvalue weighted by atomic mass is 10.1. The molecule has 0 fully saturated rings. The average Bonchev–Trinajstić information content (AvgIpc) is 2.16. The number of fused-ring (bicyclic) bond motifs is 1. The lowest BCUT2D eigenvalue weighted by Crippen LogP contribution is -2.10. The number of aromatic hydroxyl groups is 2. The Bertz CT molecular complexity index is 554. The van der Waals surface area contributed by atoms with Crippen molar-refractivity contribution in [3.05, 3.63) is 23.8 Å². The molecular weight excluding hydrogens is 198 g/mol. The third-order valence-electron chi connectivity index (χ3n) is 1.95. The van der Waals surface area contributed by atoms with Gasteiger partial charge in [0.15, 0.2) is 0 Å². The number of nitrogens with two attached hydrogens (primary N) is 1. The van der Waals surface area contributed by atoms with Crippen molar-refractivity contribution in [1.29, 1.82) is 0 Å². The number of primary amides is 1. The zero-order valence-corrected chi connectivity index (χ0v) is 7.51. The van der Waals surface area contributed by atoms with E-state index in [4.69, 9.17) is 10.8 Å². The van der Waals surface area contributed by atoms with E-state index in [0.29, 0.717) is 5.52 Å². The van der Waals surface area contributed by atoms with Crippen molar-refractivity contribution < 1.29 is 15.0 Å². The highest BCUT2D eigenvalue weighted by Crippen LogP contribution is 2.23. The van der Waals surface area contributed by atoms with Gasteiger partial charge in [-0.1, -0.05) is 0 Å². The number of hydrogen-bond acceptors (Lipinski definition) is 5. The molecule has 0 aliphatic rings. The van der Waals surface area contributed by atoms with E-state index >= 15 is 0 Å². The minimum Gasteiger partial charge on any atom is -0.493 e. The van der Waals surface area contributed by atoms with Crippen molar-refractivity contribution in [2.24, 2.45) is 5.73 Å². The highest BCUT2D eigenvalue weighted by atomic mass is 16.3. The van der Waals surface area contributed by atoms with Gasteiger partial charge in [-0.2, -0.15) is 9.97 Å². The van der Waals surface area contributed by atoms with Crippen LogP contribution in [0.3, 0.4) is 0 Å². The van der Waals surface area contributed by atoms with Crippen LogP contribution in [0.1, 0.15) is 10.4 Å². The van der Waals surface area contributed by atoms with Crippen LogP contribution in [0.15, 0.2) is 18.2 Å². The number of benzene rings is 1. The molecule has 6 nitrogen and oxygen atoms in total. The first-order valence-corrected chi connectivity index (χ1v) is 4.07. The second-order valence-electron chi connectivity index (χ2n) is 2.94. The highest BCUT2D eigenvalue weighted by Gasteiger charge is 2.08. The van der Waals surface area contributed by atoms with Crippen LogP contribution >= 0.6 is 0 Å². The molecule has 0 saturated heterocycles. The molecule has 1 aromatic carbocycles. The third-order valence-corrected chi connectivity index (χ3v) is 1.95. The summed E-state index contributed by atoms with van der Waals surface area (Å²) in [6.07, 6.45) is 0. The molecule has 0 aliphatic carbocycles. The largest absolute Gasteiger partial charge is 0.493 e. The Kier molecular flexibility index (Phi) is 1.89. The van der Waals surface area contributed by atoms with Crippen LogP contribution in [0, 0.1) is 0 Å². The van der Waals surface area contributed by atoms with Gasteiger partial charge in [0.05, 0.1) is 10.9 Å². The summed E-state index contributed by atoms with van der Waals surface area (Å²) in [7, 11) is 0. The second kappa shape index (κ2) is 3.09. The van der Waals surface area contributed by atoms with E-state index in [1.54, 1.807) is 0 Å². The highest BCUT2D eigenvalue weighted by molar-refractivity contribution is 5.97. The van der Waals surface area contributed by atoms with Gasteiger partial charge in [-0.3, -0.25) is 4.79 Å². The normalized spacial score (nSPS) is 10.4. The van der Waals surface area contributed by atoms with Crippen molar-refractivity contribution in [1.82, 2.24) is 9.97 Å². The zero-order valence-electron chi connectivity index (χ0n) is 7.51. The molecule has 0 bridgehead atoms. The fraction of sp³-hybridized carbons (Fsp3) is 0. The van der Waals surface area contributed by atoms with Crippen LogP contribution in [-0.4, -0.2) is 26.1 Å². The number of hydrogen-bond donors (Lipinski definition) is 3. The number of nitrogens with zero attached hydrogens (tertiary/aromatic N) is 2. The van der Waals surface area contributed by atoms with Crippen molar-refractivity contribution in [2.75, 3.05) is 0 Å². The molecule has 76 valence electrons. The summed E-state index contributed by atoms with van der Waals surface area (Å²) in [6.45, 7) is 0. The summed E-state index contributed by atoms with van der Waals surface area (Å²) >= 11 is 0. The van der Waals surface area contributed by atoms with Gasteiger partial charge in [0.2, 0.25) is 11.8 Å². The van der Waals surface area contributed by atoms with Crippen molar-refractivity contribution in [3.8, 4) is 11.9 Å². The van der Waals surface area contributed by atoms with Crippen LogP contribution in [0.5, 0.6) is 11.9 Å². The van der Waals surface area contributed by atoms with Crippen LogP contribution in [0.25, 0.3) is 10.9 Å². The predicted octanol–water partition coefficient (Wildman–Crippen LogP) is 0.140. The summed E-state index contributed by atoms with van der Waals surface area (Å²) in [5.74, 6) is -0.995. The monoisotopic (exact) mass is 205 g/mol. The summed E-state index contributed by atoms with van der Waals surface area (Å²) < 4.78 is 0. The van der Waals surface area contributed by atoms with Crippen molar-refractivity contribution in [3.63, 3.8) is 0 Å². The molecule has 6 heteroatoms. The summed E-state index contributed by atoms with van der Waals surface area (Å²) in [5, 5.41) is 18.7. The van der Waals surface area contributed by atoms with Crippen LogP contribution in [0.2, 0.25) is 0 Å². The Labute approximate surface area is 84.0 Å². The lowest BCUT2D eigenvalue weighted by Gasteiger charge is -2.01. The first-order valence-electron chi connectivity index (χ1n) is 4.07. The number of carbonyl (C=O) groups is 1. The molecule has 2 rings (SSSR count). The Hall–Kier alpha value is -2.37. The molecule has 0 radical (unpaired) electrons. The summed E-state index contributed by atoms with van der Waals surface area (Å²) in [5.41, 5.74) is 5.65. The topological polar surface area (TPSA) is 109 Å². The summed E-state index contributed by atoms with van der Waals surface area (Å²) in [4.78, 5) is 17.9. The average molecular weight is 205 g/mol. The van der Waals surface area contributed by atoms with E-state index in [0.717, 1.165) is 0 Å². The first-order chi connectivity index (χ1) is 7.08. The molecule has 0 atom stereocenters. The fourth-order valence-electron chi connectivity index (χ4n) is 1.25. The van der Waals surface area contributed by atoms with Crippen LogP contribution in [-0.2, 0) is 0 Å². The van der Waals surface area contributed by atoms with E-state index in [1.165, 1.54) is 18.2 Å². The van der Waals surface area contributed by atoms with Gasteiger partial charge in [0, 0.05) is 5.56 Å². The van der Waals surface area contributed by atoms with Gasteiger partial charge in [-0.05, 0) is 18.2 Å². The third kappa shape index (κ3) is 1.52. The number of carbonyl (C=O) groups excluding carboxylic acids is 1. The first kappa shape index (κ1) is 9.20. The second-order valence-corrected chi connectivity index (χ2v) is 2.94. The van der Waals surface area contributed by atoms with E-state index in [-0.39, 0.29) is 16.8 Å². The maximum absolute atomic E-state index is 10.9. The molecule has 1 heterocycles. The standard InChI is InChI=1S/C9H7N3O3/c10-7(13)4-1-2-6-5(3-4)8(14)12-9(15)11-6/h1-3H,(H2,10,13)(H2,11,12,14,15). The molecule has 2 aromatic rings. The Morgan fingerprint density at radius 2 is 2.00 bits per heavy atom. The number of rotatable bonds is 1. The zero-order chi connectivity index (χ0) is 11.0. The molecule has 0 spiro atoms. The molecule has 1 amide bonds. The van der Waals surface area contributed by atoms with Crippen LogP contribution < -0.4 is 5.73 Å². The Morgan fingerprint density at radius 3 is 2.67 bits per heavy atom. The fourth-order valence-corrected chi connectivity index (χ4v) is 1.25. The van der Waals surface area contributed by atoms with Gasteiger partial charge < -0.3 is 15.9 Å². The van der Waals surface area contributed by atoms with Gasteiger partial charge in [0.1, 0.15) is 0 Å². The summed E-state index contributed by atoms with van der Waals surface area (Å²) in [6, 6.07) is 3.77. The Balaban J connectivity index is 2.76. The molecule has 4 N–H and O–H groups in total. The number of amides is 1. The Morgan fingerprint density at radius 1 is 1.27 bits per heavy atom. The minimum atomic E-state index is -0.607. The van der Waals surface area contributed by atoms with E-state index in [9.17, 15) is 9.90 Å². The number of aromatic nitrogens is 2. The van der Waals surface area contributed by atoms with Gasteiger partial charge in [-0.15, -0.1) is 0 Å². The molecule has 0 unspecified atom stereocenters. The lowest BCUT2D eigenvalue weighted by molar-refractivity contribution is 0.100. The molecule has 15 heavy (non-hydrogen) atoms. The van der Waals surface area contributed by atoms with Crippen molar-refractivity contribution in [2.45, 2.75) is 0 Å². The maximum Gasteiger partial charge on any atom is 0.317 e. The quantitative estimate of drug-likeness (QED) is 0.613. The maximum atomic E-state index is 10.9. The smallest absolute Gasteiger partial charge is 0.317 e. The van der Waals surface area contributed by atoms with E-state index < -0.39 is 11.9 Å². The molecular formula is C9H7N3O3. The van der Waals surface area contributed by atoms with Gasteiger partial charge in [0.25, 0.3) is 0 Å². The van der Waals surface area contributed by atoms with E-state index in [2.05, 4.69) is 9.97 Å². The molecule has 0 aliphatic heterocycles. The van der Waals surface area contributed by atoms with Crippen LogP contribution in [0.4, 0.5) is 0 Å². The molecule has 0 saturated carbocycles. The molecule has 1 aromatic heterocycles. The SMILES string of the molecule is NC(=O)c1ccc2nc(O)nc(O)c2c1. The predicted molar refractivity (Wildman–Crippen MR) is 51.4 cm³/mol. The van der Waals surface area contributed by atoms with Crippen molar-refractivity contribution >= 4 is 16.8 Å².